The molecule has 1 aromatic carbocycles. The maximum atomic E-state index is 12.9. The second-order valence-electron chi connectivity index (χ2n) is 6.18. The molecule has 1 aromatic heterocycles. The highest BCUT2D eigenvalue weighted by Crippen LogP contribution is 2.20. The summed E-state index contributed by atoms with van der Waals surface area (Å²) in [7, 11) is 0. The van der Waals surface area contributed by atoms with Gasteiger partial charge in [-0.05, 0) is 25.5 Å². The first-order chi connectivity index (χ1) is 12.0. The van der Waals surface area contributed by atoms with Crippen LogP contribution in [-0.2, 0) is 9.53 Å². The molecule has 3 rings (SSSR count). The summed E-state index contributed by atoms with van der Waals surface area (Å²) >= 11 is 0. The predicted molar refractivity (Wildman–Crippen MR) is 90.9 cm³/mol. The number of rotatable bonds is 4. The number of hydrogen-bond donors (Lipinski definition) is 1. The van der Waals surface area contributed by atoms with Gasteiger partial charge in [0.1, 0.15) is 0 Å². The van der Waals surface area contributed by atoms with Crippen molar-refractivity contribution >= 4 is 11.9 Å². The molecule has 1 aliphatic heterocycles. The average Bonchev–Trinajstić information content (AvgIpc) is 2.96. The highest BCUT2D eigenvalue weighted by atomic mass is 16.5. The number of benzene rings is 1. The van der Waals surface area contributed by atoms with E-state index >= 15 is 0 Å². The van der Waals surface area contributed by atoms with Crippen LogP contribution in [0, 0.1) is 13.8 Å². The number of carboxylic acid groups (broad SMARTS) is 1. The number of nitrogens with zero attached hydrogens (tertiary/aromatic N) is 3. The molecular weight excluding hydrogens is 322 g/mol. The van der Waals surface area contributed by atoms with Gasteiger partial charge in [-0.25, -0.2) is 4.68 Å². The Morgan fingerprint density at radius 2 is 2.08 bits per heavy atom. The van der Waals surface area contributed by atoms with Crippen molar-refractivity contribution in [3.8, 4) is 5.69 Å². The lowest BCUT2D eigenvalue weighted by atomic mass is 10.1. The Morgan fingerprint density at radius 1 is 1.32 bits per heavy atom. The van der Waals surface area contributed by atoms with Gasteiger partial charge in [-0.1, -0.05) is 18.2 Å². The van der Waals surface area contributed by atoms with Gasteiger partial charge < -0.3 is 14.7 Å². The number of amides is 1. The van der Waals surface area contributed by atoms with E-state index in [9.17, 15) is 9.59 Å². The Hall–Kier alpha value is -2.67. The average molecular weight is 343 g/mol. The summed E-state index contributed by atoms with van der Waals surface area (Å²) in [6.07, 6.45) is 0.999. The number of aliphatic carboxylic acids is 1. The number of morpholine rings is 1. The molecule has 0 radical (unpaired) electrons. The second-order valence-corrected chi connectivity index (χ2v) is 6.18. The normalized spacial score (nSPS) is 17.5. The number of carbonyl (C=O) groups excluding carboxylic acids is 1. The van der Waals surface area contributed by atoms with Gasteiger partial charge in [0.05, 0.1) is 42.3 Å². The molecule has 1 saturated heterocycles. The summed E-state index contributed by atoms with van der Waals surface area (Å²) in [6.45, 7) is 4.93. The van der Waals surface area contributed by atoms with Gasteiger partial charge in [-0.2, -0.15) is 5.10 Å². The minimum absolute atomic E-state index is 0.106. The van der Waals surface area contributed by atoms with Crippen LogP contribution in [0.3, 0.4) is 0 Å². The lowest BCUT2D eigenvalue weighted by molar-refractivity contribution is -0.141. The first-order valence-corrected chi connectivity index (χ1v) is 8.20. The molecule has 1 amide bonds. The highest BCUT2D eigenvalue weighted by molar-refractivity contribution is 5.95. The van der Waals surface area contributed by atoms with Crippen LogP contribution in [-0.4, -0.2) is 57.5 Å². The van der Waals surface area contributed by atoms with E-state index in [1.807, 2.05) is 38.1 Å². The topological polar surface area (TPSA) is 84.7 Å². The predicted octanol–water partition coefficient (Wildman–Crippen LogP) is 1.80. The van der Waals surface area contributed by atoms with Gasteiger partial charge in [-0.15, -0.1) is 0 Å². The van der Waals surface area contributed by atoms with Crippen molar-refractivity contribution < 1.29 is 19.4 Å². The van der Waals surface area contributed by atoms with Gasteiger partial charge in [0.15, 0.2) is 0 Å². The van der Waals surface area contributed by atoms with E-state index in [1.165, 1.54) is 0 Å². The second kappa shape index (κ2) is 7.06. The van der Waals surface area contributed by atoms with Gasteiger partial charge in [-0.3, -0.25) is 9.59 Å². The quantitative estimate of drug-likeness (QED) is 0.915. The Bertz CT molecular complexity index is 799. The lowest BCUT2D eigenvalue weighted by Crippen LogP contribution is -2.46. The summed E-state index contributed by atoms with van der Waals surface area (Å²) < 4.78 is 7.19. The zero-order valence-corrected chi connectivity index (χ0v) is 14.3. The third-order valence-corrected chi connectivity index (χ3v) is 4.41. The highest BCUT2D eigenvalue weighted by Gasteiger charge is 2.28. The van der Waals surface area contributed by atoms with E-state index in [0.29, 0.717) is 18.7 Å². The zero-order valence-electron chi connectivity index (χ0n) is 14.3. The van der Waals surface area contributed by atoms with Crippen LogP contribution in [0.1, 0.15) is 28.0 Å². The molecule has 1 N–H and O–H groups in total. The molecule has 0 bridgehead atoms. The van der Waals surface area contributed by atoms with Crippen LogP contribution in [0.25, 0.3) is 5.69 Å². The molecule has 0 spiro atoms. The Labute approximate surface area is 145 Å². The van der Waals surface area contributed by atoms with E-state index in [1.54, 1.807) is 15.8 Å². The van der Waals surface area contributed by atoms with Crippen LogP contribution < -0.4 is 0 Å². The first-order valence-electron chi connectivity index (χ1n) is 8.20. The van der Waals surface area contributed by atoms with Crippen molar-refractivity contribution in [3.63, 3.8) is 0 Å². The van der Waals surface area contributed by atoms with E-state index < -0.39 is 12.1 Å². The number of aromatic nitrogens is 2. The third-order valence-electron chi connectivity index (χ3n) is 4.41. The van der Waals surface area contributed by atoms with Gasteiger partial charge in [0.25, 0.3) is 5.91 Å². The van der Waals surface area contributed by atoms with Crippen molar-refractivity contribution in [2.45, 2.75) is 26.4 Å². The van der Waals surface area contributed by atoms with Crippen LogP contribution in [0.4, 0.5) is 0 Å². The number of carbonyl (C=O) groups is 2. The fourth-order valence-electron chi connectivity index (χ4n) is 3.06. The molecule has 7 nitrogen and oxygen atoms in total. The number of aryl methyl sites for hydroxylation is 1. The van der Waals surface area contributed by atoms with E-state index in [-0.39, 0.29) is 18.9 Å². The fraction of sp³-hybridized carbons (Fsp3) is 0.389. The molecule has 2 aromatic rings. The number of ether oxygens (including phenoxy) is 1. The van der Waals surface area contributed by atoms with E-state index in [4.69, 9.17) is 9.84 Å². The SMILES string of the molecule is Cc1ccccc1-n1ncc(C(=O)N2CCOC(CC(=O)O)C2)c1C. The van der Waals surface area contributed by atoms with Crippen LogP contribution in [0.5, 0.6) is 0 Å². The lowest BCUT2D eigenvalue weighted by Gasteiger charge is -2.32. The van der Waals surface area contributed by atoms with Crippen LogP contribution in [0.15, 0.2) is 30.5 Å². The standard InChI is InChI=1S/C18H21N3O4/c1-12-5-3-4-6-16(12)21-13(2)15(10-19-21)18(24)20-7-8-25-14(11-20)9-17(22)23/h3-6,10,14H,7-9,11H2,1-2H3,(H,22,23). The molecule has 0 saturated carbocycles. The largest absolute Gasteiger partial charge is 0.481 e. The van der Waals surface area contributed by atoms with Crippen molar-refractivity contribution in [2.75, 3.05) is 19.7 Å². The molecule has 1 fully saturated rings. The van der Waals surface area contributed by atoms with Gasteiger partial charge in [0.2, 0.25) is 0 Å². The first kappa shape index (κ1) is 17.2. The zero-order chi connectivity index (χ0) is 18.0. The van der Waals surface area contributed by atoms with Crippen molar-refractivity contribution in [1.82, 2.24) is 14.7 Å². The number of para-hydroxylation sites is 1. The van der Waals surface area contributed by atoms with Crippen LogP contribution in [0.2, 0.25) is 0 Å². The maximum absolute atomic E-state index is 12.9. The molecule has 7 heteroatoms. The van der Waals surface area contributed by atoms with Crippen molar-refractivity contribution in [2.24, 2.45) is 0 Å². The number of carboxylic acids is 1. The molecule has 0 aliphatic carbocycles. The summed E-state index contributed by atoms with van der Waals surface area (Å²) in [5.74, 6) is -1.07. The summed E-state index contributed by atoms with van der Waals surface area (Å²) in [6, 6.07) is 7.85. The van der Waals surface area contributed by atoms with Gasteiger partial charge >= 0.3 is 5.97 Å². The van der Waals surface area contributed by atoms with Crippen LogP contribution >= 0.6 is 0 Å². The summed E-state index contributed by atoms with van der Waals surface area (Å²) in [5, 5.41) is 13.3. The fourth-order valence-corrected chi connectivity index (χ4v) is 3.06. The molecule has 1 unspecified atom stereocenters. The van der Waals surface area contributed by atoms with Crippen molar-refractivity contribution in [3.05, 3.63) is 47.3 Å². The molecule has 1 aliphatic rings. The number of hydrogen-bond acceptors (Lipinski definition) is 4. The van der Waals surface area contributed by atoms with E-state index in [0.717, 1.165) is 16.9 Å². The Morgan fingerprint density at radius 3 is 2.80 bits per heavy atom. The summed E-state index contributed by atoms with van der Waals surface area (Å²) in [5.41, 5.74) is 3.30. The monoisotopic (exact) mass is 343 g/mol. The maximum Gasteiger partial charge on any atom is 0.306 e. The van der Waals surface area contributed by atoms with E-state index in [2.05, 4.69) is 5.10 Å². The van der Waals surface area contributed by atoms with Crippen molar-refractivity contribution in [1.29, 1.82) is 0 Å². The molecule has 1 atom stereocenters. The Kier molecular flexibility index (Phi) is 4.85. The smallest absolute Gasteiger partial charge is 0.306 e. The molecule has 25 heavy (non-hydrogen) atoms. The third kappa shape index (κ3) is 3.56. The molecule has 132 valence electrons. The molecule has 2 heterocycles. The minimum Gasteiger partial charge on any atom is -0.481 e. The summed E-state index contributed by atoms with van der Waals surface area (Å²) in [4.78, 5) is 25.4. The molecular formula is C18H21N3O4. The minimum atomic E-state index is -0.928. The van der Waals surface area contributed by atoms with Gasteiger partial charge in [0, 0.05) is 13.1 Å². The Balaban J connectivity index is 1.82.